The summed E-state index contributed by atoms with van der Waals surface area (Å²) in [5, 5.41) is 5.78. The predicted molar refractivity (Wildman–Crippen MR) is 67.3 cm³/mol. The molecule has 1 aliphatic carbocycles. The smallest absolute Gasteiger partial charge is 0.0386 e. The van der Waals surface area contributed by atoms with Gasteiger partial charge in [0.15, 0.2) is 0 Å². The number of rotatable bonds is 5. The van der Waals surface area contributed by atoms with E-state index in [-0.39, 0.29) is 0 Å². The fourth-order valence-corrected chi connectivity index (χ4v) is 3.20. The molecule has 0 amide bonds. The molecule has 2 rings (SSSR count). The van der Waals surface area contributed by atoms with E-state index in [1.165, 1.54) is 43.5 Å². The third-order valence-corrected chi connectivity index (χ3v) is 4.50. The van der Waals surface area contributed by atoms with Crippen molar-refractivity contribution in [3.05, 3.63) is 22.4 Å². The molecule has 0 saturated heterocycles. The molecule has 1 fully saturated rings. The molecule has 0 bridgehead atoms. The van der Waals surface area contributed by atoms with Crippen LogP contribution in [0.15, 0.2) is 17.5 Å². The summed E-state index contributed by atoms with van der Waals surface area (Å²) in [7, 11) is 0. The monoisotopic (exact) mass is 223 g/mol. The van der Waals surface area contributed by atoms with Gasteiger partial charge >= 0.3 is 0 Å². The molecule has 15 heavy (non-hydrogen) atoms. The minimum absolute atomic E-state index is 0.534. The van der Waals surface area contributed by atoms with E-state index in [1.54, 1.807) is 0 Å². The second-order valence-corrected chi connectivity index (χ2v) is 5.61. The maximum absolute atomic E-state index is 3.62. The molecule has 0 radical (unpaired) electrons. The Bertz CT molecular complexity index is 262. The van der Waals surface area contributed by atoms with Gasteiger partial charge in [0.25, 0.3) is 0 Å². The zero-order chi connectivity index (χ0) is 10.5. The normalized spacial score (nSPS) is 19.5. The fraction of sp³-hybridized carbons (Fsp3) is 0.692. The van der Waals surface area contributed by atoms with Crippen LogP contribution in [0, 0.1) is 5.92 Å². The first-order chi connectivity index (χ1) is 7.36. The Morgan fingerprint density at radius 3 is 2.93 bits per heavy atom. The van der Waals surface area contributed by atoms with Crippen molar-refractivity contribution in [2.45, 2.75) is 45.1 Å². The number of hydrogen-bond acceptors (Lipinski definition) is 2. The van der Waals surface area contributed by atoms with Crippen molar-refractivity contribution in [1.82, 2.24) is 5.32 Å². The Balaban J connectivity index is 1.65. The highest BCUT2D eigenvalue weighted by Crippen LogP contribution is 2.27. The van der Waals surface area contributed by atoms with Crippen LogP contribution in [0.4, 0.5) is 0 Å². The van der Waals surface area contributed by atoms with Gasteiger partial charge in [-0.25, -0.2) is 0 Å². The quantitative estimate of drug-likeness (QED) is 0.796. The highest BCUT2D eigenvalue weighted by molar-refractivity contribution is 7.10. The second-order valence-electron chi connectivity index (χ2n) is 4.63. The molecule has 1 saturated carbocycles. The molecular weight excluding hydrogens is 202 g/mol. The van der Waals surface area contributed by atoms with E-state index < -0.39 is 0 Å². The highest BCUT2D eigenvalue weighted by Gasteiger charge is 2.14. The molecule has 1 unspecified atom stereocenters. The Labute approximate surface area is 96.9 Å². The number of nitrogens with one attached hydrogen (secondary N) is 1. The van der Waals surface area contributed by atoms with Gasteiger partial charge in [0.2, 0.25) is 0 Å². The topological polar surface area (TPSA) is 12.0 Å². The Hall–Kier alpha value is -0.340. The summed E-state index contributed by atoms with van der Waals surface area (Å²) in [6.45, 7) is 3.45. The van der Waals surface area contributed by atoms with Gasteiger partial charge in [-0.2, -0.15) is 0 Å². The zero-order valence-corrected chi connectivity index (χ0v) is 10.4. The molecular formula is C13H21NS. The molecule has 0 aliphatic heterocycles. The Kier molecular flexibility index (Phi) is 4.21. The first kappa shape index (κ1) is 11.2. The summed E-state index contributed by atoms with van der Waals surface area (Å²) in [5.41, 5.74) is 0. The van der Waals surface area contributed by atoms with Crippen molar-refractivity contribution >= 4 is 11.3 Å². The molecule has 84 valence electrons. The van der Waals surface area contributed by atoms with E-state index in [2.05, 4.69) is 29.8 Å². The molecule has 1 aliphatic rings. The van der Waals surface area contributed by atoms with Gasteiger partial charge in [0, 0.05) is 10.9 Å². The maximum atomic E-state index is 3.62. The van der Waals surface area contributed by atoms with E-state index >= 15 is 0 Å². The molecule has 1 heterocycles. The lowest BCUT2D eigenvalue weighted by molar-refractivity contribution is 0.457. The van der Waals surface area contributed by atoms with E-state index in [4.69, 9.17) is 0 Å². The SMILES string of the molecule is CC(NCCC1CCCC1)c1cccs1. The lowest BCUT2D eigenvalue weighted by atomic mass is 10.0. The van der Waals surface area contributed by atoms with E-state index in [1.807, 2.05) is 11.3 Å². The minimum Gasteiger partial charge on any atom is -0.309 e. The fourth-order valence-electron chi connectivity index (χ4n) is 2.44. The van der Waals surface area contributed by atoms with E-state index in [0.29, 0.717) is 6.04 Å². The first-order valence-corrected chi connectivity index (χ1v) is 7.01. The summed E-state index contributed by atoms with van der Waals surface area (Å²) < 4.78 is 0. The van der Waals surface area contributed by atoms with Crippen LogP contribution < -0.4 is 5.32 Å². The molecule has 1 N–H and O–H groups in total. The van der Waals surface area contributed by atoms with Crippen molar-refractivity contribution < 1.29 is 0 Å². The number of hydrogen-bond donors (Lipinski definition) is 1. The second kappa shape index (κ2) is 5.66. The van der Waals surface area contributed by atoms with Crippen molar-refractivity contribution in [2.75, 3.05) is 6.54 Å². The van der Waals surface area contributed by atoms with Gasteiger partial charge in [-0.15, -0.1) is 11.3 Å². The average molecular weight is 223 g/mol. The van der Waals surface area contributed by atoms with Crippen LogP contribution >= 0.6 is 11.3 Å². The molecule has 1 nitrogen and oxygen atoms in total. The molecule has 1 atom stereocenters. The van der Waals surface area contributed by atoms with Crippen molar-refractivity contribution in [3.63, 3.8) is 0 Å². The Morgan fingerprint density at radius 2 is 2.27 bits per heavy atom. The van der Waals surface area contributed by atoms with Crippen LogP contribution in [-0.2, 0) is 0 Å². The van der Waals surface area contributed by atoms with Crippen LogP contribution in [0.1, 0.15) is 49.9 Å². The zero-order valence-electron chi connectivity index (χ0n) is 9.54. The summed E-state index contributed by atoms with van der Waals surface area (Å²) in [4.78, 5) is 1.46. The van der Waals surface area contributed by atoms with Gasteiger partial charge in [0.05, 0.1) is 0 Å². The molecule has 2 heteroatoms. The van der Waals surface area contributed by atoms with Gasteiger partial charge in [-0.1, -0.05) is 31.7 Å². The largest absolute Gasteiger partial charge is 0.309 e. The highest BCUT2D eigenvalue weighted by atomic mass is 32.1. The van der Waals surface area contributed by atoms with Crippen LogP contribution in [0.25, 0.3) is 0 Å². The maximum Gasteiger partial charge on any atom is 0.0386 e. The van der Waals surface area contributed by atoms with Gasteiger partial charge in [-0.05, 0) is 37.3 Å². The molecule has 0 aromatic carbocycles. The van der Waals surface area contributed by atoms with Gasteiger partial charge < -0.3 is 5.32 Å². The molecule has 1 aromatic rings. The van der Waals surface area contributed by atoms with E-state index in [0.717, 1.165) is 5.92 Å². The van der Waals surface area contributed by atoms with Crippen molar-refractivity contribution in [3.8, 4) is 0 Å². The van der Waals surface area contributed by atoms with Gasteiger partial charge in [-0.3, -0.25) is 0 Å². The van der Waals surface area contributed by atoms with Crippen LogP contribution in [0.5, 0.6) is 0 Å². The lowest BCUT2D eigenvalue weighted by Crippen LogP contribution is -2.20. The molecule has 0 spiro atoms. The standard InChI is InChI=1S/C13H21NS/c1-11(13-7-4-10-15-13)14-9-8-12-5-2-3-6-12/h4,7,10-12,14H,2-3,5-6,8-9H2,1H3. The summed E-state index contributed by atoms with van der Waals surface area (Å²) in [5.74, 6) is 1.01. The summed E-state index contributed by atoms with van der Waals surface area (Å²) in [6.07, 6.45) is 7.23. The van der Waals surface area contributed by atoms with Gasteiger partial charge in [0.1, 0.15) is 0 Å². The van der Waals surface area contributed by atoms with Crippen LogP contribution in [0.3, 0.4) is 0 Å². The van der Waals surface area contributed by atoms with Crippen molar-refractivity contribution in [1.29, 1.82) is 0 Å². The average Bonchev–Trinajstić information content (AvgIpc) is 2.90. The lowest BCUT2D eigenvalue weighted by Gasteiger charge is -2.14. The summed E-state index contributed by atoms with van der Waals surface area (Å²) >= 11 is 1.85. The summed E-state index contributed by atoms with van der Waals surface area (Å²) in [6, 6.07) is 4.89. The first-order valence-electron chi connectivity index (χ1n) is 6.13. The number of thiophene rings is 1. The minimum atomic E-state index is 0.534. The van der Waals surface area contributed by atoms with Crippen LogP contribution in [0.2, 0.25) is 0 Å². The third-order valence-electron chi connectivity index (χ3n) is 3.45. The van der Waals surface area contributed by atoms with Crippen LogP contribution in [-0.4, -0.2) is 6.54 Å². The molecule has 1 aromatic heterocycles. The van der Waals surface area contributed by atoms with Crippen molar-refractivity contribution in [2.24, 2.45) is 5.92 Å². The Morgan fingerprint density at radius 1 is 1.47 bits per heavy atom. The third kappa shape index (κ3) is 3.32. The predicted octanol–water partition coefficient (Wildman–Crippen LogP) is 3.98. The van der Waals surface area contributed by atoms with E-state index in [9.17, 15) is 0 Å².